The molecule has 0 saturated carbocycles. The van der Waals surface area contributed by atoms with Gasteiger partial charge in [-0.3, -0.25) is 9.59 Å². The van der Waals surface area contributed by atoms with Crippen LogP contribution in [0.4, 0.5) is 5.69 Å². The number of nitrogens with one attached hydrogen (secondary N) is 2. The number of amides is 2. The maximum Gasteiger partial charge on any atom is 0.243 e. The molecule has 2 amide bonds. The van der Waals surface area contributed by atoms with Crippen molar-refractivity contribution in [2.75, 3.05) is 17.6 Å². The van der Waals surface area contributed by atoms with Crippen molar-refractivity contribution >= 4 is 29.3 Å². The SMILES string of the molecule is Cc1cccc(CSCC(=O)NCC(=O)Nc2c(C)cccc2C)c1. The maximum absolute atomic E-state index is 12.0. The third kappa shape index (κ3) is 6.27. The van der Waals surface area contributed by atoms with Gasteiger partial charge in [-0.25, -0.2) is 0 Å². The van der Waals surface area contributed by atoms with Crippen molar-refractivity contribution in [3.8, 4) is 0 Å². The van der Waals surface area contributed by atoms with Gasteiger partial charge in [-0.15, -0.1) is 11.8 Å². The molecule has 2 rings (SSSR count). The minimum Gasteiger partial charge on any atom is -0.346 e. The Morgan fingerprint density at radius 2 is 1.64 bits per heavy atom. The first-order valence-electron chi connectivity index (χ1n) is 8.22. The minimum absolute atomic E-state index is 0.0163. The summed E-state index contributed by atoms with van der Waals surface area (Å²) in [6.07, 6.45) is 0. The zero-order chi connectivity index (χ0) is 18.2. The first kappa shape index (κ1) is 19.1. The van der Waals surface area contributed by atoms with Gasteiger partial charge in [0.1, 0.15) is 0 Å². The lowest BCUT2D eigenvalue weighted by Crippen LogP contribution is -2.34. The van der Waals surface area contributed by atoms with Crippen molar-refractivity contribution in [3.05, 3.63) is 64.7 Å². The smallest absolute Gasteiger partial charge is 0.243 e. The van der Waals surface area contributed by atoms with Crippen LogP contribution in [0.5, 0.6) is 0 Å². The number of carbonyl (C=O) groups is 2. The van der Waals surface area contributed by atoms with Gasteiger partial charge in [0.2, 0.25) is 11.8 Å². The Morgan fingerprint density at radius 3 is 2.32 bits per heavy atom. The summed E-state index contributed by atoms with van der Waals surface area (Å²) >= 11 is 1.54. The molecule has 132 valence electrons. The molecular weight excluding hydrogens is 332 g/mol. The molecule has 0 radical (unpaired) electrons. The lowest BCUT2D eigenvalue weighted by molar-refractivity contribution is -0.122. The summed E-state index contributed by atoms with van der Waals surface area (Å²) in [4.78, 5) is 23.9. The molecule has 0 atom stereocenters. The highest BCUT2D eigenvalue weighted by atomic mass is 32.2. The third-order valence-corrected chi connectivity index (χ3v) is 4.78. The molecule has 0 aliphatic carbocycles. The Bertz CT molecular complexity index is 739. The van der Waals surface area contributed by atoms with Crippen LogP contribution >= 0.6 is 11.8 Å². The second-order valence-electron chi connectivity index (χ2n) is 6.07. The summed E-state index contributed by atoms with van der Waals surface area (Å²) in [7, 11) is 0. The van der Waals surface area contributed by atoms with E-state index in [4.69, 9.17) is 0 Å². The highest BCUT2D eigenvalue weighted by molar-refractivity contribution is 7.99. The molecule has 2 aromatic carbocycles. The van der Waals surface area contributed by atoms with Crippen LogP contribution in [0.1, 0.15) is 22.3 Å². The van der Waals surface area contributed by atoms with E-state index >= 15 is 0 Å². The number of hydrogen-bond donors (Lipinski definition) is 2. The summed E-state index contributed by atoms with van der Waals surface area (Å²) in [6.45, 7) is 5.93. The van der Waals surface area contributed by atoms with Gasteiger partial charge in [-0.1, -0.05) is 48.0 Å². The average Bonchev–Trinajstić information content (AvgIpc) is 2.56. The summed E-state index contributed by atoms with van der Waals surface area (Å²) in [5.41, 5.74) is 5.24. The largest absolute Gasteiger partial charge is 0.346 e. The normalized spacial score (nSPS) is 10.4. The van der Waals surface area contributed by atoms with E-state index in [1.54, 1.807) is 0 Å². The molecule has 2 N–H and O–H groups in total. The van der Waals surface area contributed by atoms with E-state index in [-0.39, 0.29) is 18.4 Å². The van der Waals surface area contributed by atoms with E-state index in [1.807, 2.05) is 38.1 Å². The fourth-order valence-electron chi connectivity index (χ4n) is 2.49. The molecule has 2 aromatic rings. The number of benzene rings is 2. The zero-order valence-corrected chi connectivity index (χ0v) is 15.7. The molecular formula is C20H24N2O2S. The highest BCUT2D eigenvalue weighted by Crippen LogP contribution is 2.19. The second kappa shape index (κ2) is 9.28. The Labute approximate surface area is 153 Å². The highest BCUT2D eigenvalue weighted by Gasteiger charge is 2.09. The molecule has 0 unspecified atom stereocenters. The van der Waals surface area contributed by atoms with E-state index in [0.717, 1.165) is 22.6 Å². The molecule has 0 bridgehead atoms. The predicted octanol–water partition coefficient (Wildman–Crippen LogP) is 3.60. The molecule has 5 heteroatoms. The molecule has 0 heterocycles. The van der Waals surface area contributed by atoms with E-state index in [0.29, 0.717) is 5.75 Å². The molecule has 0 saturated heterocycles. The number of rotatable bonds is 7. The van der Waals surface area contributed by atoms with Crippen molar-refractivity contribution < 1.29 is 9.59 Å². The van der Waals surface area contributed by atoms with Crippen LogP contribution in [0.3, 0.4) is 0 Å². The van der Waals surface area contributed by atoms with Crippen LogP contribution in [0, 0.1) is 20.8 Å². The van der Waals surface area contributed by atoms with Crippen LogP contribution in [0.2, 0.25) is 0 Å². The van der Waals surface area contributed by atoms with Gasteiger partial charge < -0.3 is 10.6 Å². The lowest BCUT2D eigenvalue weighted by Gasteiger charge is -2.12. The lowest BCUT2D eigenvalue weighted by atomic mass is 10.1. The van der Waals surface area contributed by atoms with Crippen LogP contribution < -0.4 is 10.6 Å². The van der Waals surface area contributed by atoms with Gasteiger partial charge in [0.05, 0.1) is 12.3 Å². The van der Waals surface area contributed by atoms with Crippen LogP contribution in [-0.2, 0) is 15.3 Å². The number of para-hydroxylation sites is 1. The topological polar surface area (TPSA) is 58.2 Å². The van der Waals surface area contributed by atoms with Crippen LogP contribution in [-0.4, -0.2) is 24.1 Å². The van der Waals surface area contributed by atoms with Gasteiger partial charge in [-0.2, -0.15) is 0 Å². The Morgan fingerprint density at radius 1 is 0.960 bits per heavy atom. The van der Waals surface area contributed by atoms with E-state index in [1.165, 1.54) is 22.9 Å². The molecule has 0 aliphatic rings. The van der Waals surface area contributed by atoms with E-state index < -0.39 is 0 Å². The summed E-state index contributed by atoms with van der Waals surface area (Å²) in [5.74, 6) is 0.776. The van der Waals surface area contributed by atoms with E-state index in [9.17, 15) is 9.59 Å². The first-order valence-corrected chi connectivity index (χ1v) is 9.37. The molecule has 0 aromatic heterocycles. The van der Waals surface area contributed by atoms with Crippen molar-refractivity contribution in [2.45, 2.75) is 26.5 Å². The van der Waals surface area contributed by atoms with Crippen molar-refractivity contribution in [1.29, 1.82) is 0 Å². The molecule has 0 aliphatic heterocycles. The number of carbonyl (C=O) groups excluding carboxylic acids is 2. The first-order chi connectivity index (χ1) is 12.0. The quantitative estimate of drug-likeness (QED) is 0.797. The van der Waals surface area contributed by atoms with Crippen molar-refractivity contribution in [3.63, 3.8) is 0 Å². The maximum atomic E-state index is 12.0. The number of aryl methyl sites for hydroxylation is 3. The fourth-order valence-corrected chi connectivity index (χ4v) is 3.29. The van der Waals surface area contributed by atoms with Gasteiger partial charge >= 0.3 is 0 Å². The second-order valence-corrected chi connectivity index (χ2v) is 7.06. The average molecular weight is 356 g/mol. The summed E-state index contributed by atoms with van der Waals surface area (Å²) in [5, 5.41) is 5.53. The van der Waals surface area contributed by atoms with Gasteiger partial charge in [0.25, 0.3) is 0 Å². The van der Waals surface area contributed by atoms with Crippen LogP contribution in [0.25, 0.3) is 0 Å². The zero-order valence-electron chi connectivity index (χ0n) is 14.9. The van der Waals surface area contributed by atoms with Crippen molar-refractivity contribution in [1.82, 2.24) is 5.32 Å². The minimum atomic E-state index is -0.213. The Kier molecular flexibility index (Phi) is 7.07. The van der Waals surface area contributed by atoms with Gasteiger partial charge in [0, 0.05) is 11.4 Å². The molecule has 0 fully saturated rings. The monoisotopic (exact) mass is 356 g/mol. The summed E-state index contributed by atoms with van der Waals surface area (Å²) in [6, 6.07) is 14.1. The molecule has 4 nitrogen and oxygen atoms in total. The van der Waals surface area contributed by atoms with Gasteiger partial charge in [-0.05, 0) is 37.5 Å². The number of anilines is 1. The number of hydrogen-bond acceptors (Lipinski definition) is 3. The predicted molar refractivity (Wildman–Crippen MR) is 105 cm³/mol. The van der Waals surface area contributed by atoms with E-state index in [2.05, 4.69) is 35.8 Å². The van der Waals surface area contributed by atoms with Crippen molar-refractivity contribution in [2.24, 2.45) is 0 Å². The Balaban J connectivity index is 1.71. The summed E-state index contributed by atoms with van der Waals surface area (Å²) < 4.78 is 0. The number of thioether (sulfide) groups is 1. The fraction of sp³-hybridized carbons (Fsp3) is 0.300. The van der Waals surface area contributed by atoms with Gasteiger partial charge in [0.15, 0.2) is 0 Å². The van der Waals surface area contributed by atoms with Crippen LogP contribution in [0.15, 0.2) is 42.5 Å². The molecule has 25 heavy (non-hydrogen) atoms. The Hall–Kier alpha value is -2.27. The standard InChI is InChI=1S/C20H24N2O2S/c1-14-6-4-9-17(10-14)12-25-13-19(24)21-11-18(23)22-20-15(2)7-5-8-16(20)3/h4-10H,11-13H2,1-3H3,(H,21,24)(H,22,23). The molecule has 0 spiro atoms. The third-order valence-electron chi connectivity index (χ3n) is 3.78.